The highest BCUT2D eigenvalue weighted by atomic mass is 16.2. The smallest absolute Gasteiger partial charge is 0.240 e. The Hall–Kier alpha value is -2.33. The Balaban J connectivity index is 2.84. The number of hydrogen-bond acceptors (Lipinski definition) is 3. The molecule has 21 heavy (non-hydrogen) atoms. The number of carbonyl (C=O) groups excluding carboxylic acids is 1. The van der Waals surface area contributed by atoms with Crippen LogP contribution in [0, 0.1) is 28.6 Å². The number of hydrogen-bond donors (Lipinski definition) is 0. The zero-order valence-corrected chi connectivity index (χ0v) is 12.7. The molecule has 1 unspecified atom stereocenters. The lowest BCUT2D eigenvalue weighted by molar-refractivity contribution is -0.133. The summed E-state index contributed by atoms with van der Waals surface area (Å²) >= 11 is 0. The van der Waals surface area contributed by atoms with E-state index in [1.165, 1.54) is 0 Å². The minimum atomic E-state index is -0.683. The summed E-state index contributed by atoms with van der Waals surface area (Å²) in [7, 11) is 0. The Kier molecular flexibility index (Phi) is 6.98. The Labute approximate surface area is 126 Å². The highest BCUT2D eigenvalue weighted by Gasteiger charge is 2.23. The van der Waals surface area contributed by atoms with E-state index in [0.717, 1.165) is 18.4 Å². The van der Waals surface area contributed by atoms with Crippen LogP contribution in [0.1, 0.15) is 37.8 Å². The molecule has 0 fully saturated rings. The first kappa shape index (κ1) is 16.7. The molecule has 4 nitrogen and oxygen atoms in total. The van der Waals surface area contributed by atoms with Crippen LogP contribution in [0.3, 0.4) is 0 Å². The standard InChI is InChI=1S/C17H21N3O/c1-3-8-20(9-4-2)17(21)16(13-19)11-14-6-5-7-15(10-14)12-18/h5-7,10,16H,3-4,8-9,11H2,1-2H3. The molecule has 0 saturated heterocycles. The predicted molar refractivity (Wildman–Crippen MR) is 81.1 cm³/mol. The van der Waals surface area contributed by atoms with E-state index in [2.05, 4.69) is 12.1 Å². The van der Waals surface area contributed by atoms with E-state index in [1.54, 1.807) is 23.1 Å². The van der Waals surface area contributed by atoms with E-state index in [1.807, 2.05) is 19.9 Å². The largest absolute Gasteiger partial charge is 0.342 e. The minimum Gasteiger partial charge on any atom is -0.342 e. The quantitative estimate of drug-likeness (QED) is 0.772. The number of rotatable bonds is 7. The van der Waals surface area contributed by atoms with Gasteiger partial charge < -0.3 is 4.90 Å². The maximum Gasteiger partial charge on any atom is 0.240 e. The van der Waals surface area contributed by atoms with Gasteiger partial charge in [0.2, 0.25) is 5.91 Å². The second-order valence-corrected chi connectivity index (χ2v) is 5.02. The van der Waals surface area contributed by atoms with Gasteiger partial charge in [-0.2, -0.15) is 10.5 Å². The summed E-state index contributed by atoms with van der Waals surface area (Å²) < 4.78 is 0. The first-order chi connectivity index (χ1) is 10.2. The monoisotopic (exact) mass is 283 g/mol. The summed E-state index contributed by atoms with van der Waals surface area (Å²) in [5.74, 6) is -0.791. The second-order valence-electron chi connectivity index (χ2n) is 5.02. The van der Waals surface area contributed by atoms with Gasteiger partial charge in [-0.1, -0.05) is 26.0 Å². The summed E-state index contributed by atoms with van der Waals surface area (Å²) in [5, 5.41) is 18.2. The summed E-state index contributed by atoms with van der Waals surface area (Å²) in [6, 6.07) is 11.3. The maximum atomic E-state index is 12.5. The summed E-state index contributed by atoms with van der Waals surface area (Å²) in [4.78, 5) is 14.2. The lowest BCUT2D eigenvalue weighted by atomic mass is 9.98. The van der Waals surface area contributed by atoms with E-state index >= 15 is 0 Å². The fourth-order valence-electron chi connectivity index (χ4n) is 2.28. The van der Waals surface area contributed by atoms with E-state index < -0.39 is 5.92 Å². The highest BCUT2D eigenvalue weighted by molar-refractivity contribution is 5.81. The van der Waals surface area contributed by atoms with Gasteiger partial charge in [-0.25, -0.2) is 0 Å². The SMILES string of the molecule is CCCN(CCC)C(=O)C(C#N)Cc1cccc(C#N)c1. The molecule has 0 aliphatic rings. The Morgan fingerprint density at radius 2 is 1.90 bits per heavy atom. The van der Waals surface area contributed by atoms with Crippen LogP contribution < -0.4 is 0 Å². The third kappa shape index (κ3) is 4.93. The van der Waals surface area contributed by atoms with Crippen molar-refractivity contribution in [3.63, 3.8) is 0 Å². The molecule has 1 aromatic rings. The van der Waals surface area contributed by atoms with Gasteiger partial charge >= 0.3 is 0 Å². The molecule has 0 bridgehead atoms. The third-order valence-electron chi connectivity index (χ3n) is 3.25. The van der Waals surface area contributed by atoms with Gasteiger partial charge in [-0.3, -0.25) is 4.79 Å². The van der Waals surface area contributed by atoms with Crippen molar-refractivity contribution < 1.29 is 4.79 Å². The lowest BCUT2D eigenvalue weighted by Gasteiger charge is -2.24. The normalized spacial score (nSPS) is 11.2. The molecule has 1 aromatic carbocycles. The van der Waals surface area contributed by atoms with E-state index in [-0.39, 0.29) is 5.91 Å². The van der Waals surface area contributed by atoms with Crippen LogP contribution in [0.5, 0.6) is 0 Å². The number of carbonyl (C=O) groups is 1. The minimum absolute atomic E-state index is 0.108. The molecule has 4 heteroatoms. The van der Waals surface area contributed by atoms with Crippen molar-refractivity contribution in [3.05, 3.63) is 35.4 Å². The highest BCUT2D eigenvalue weighted by Crippen LogP contribution is 2.14. The van der Waals surface area contributed by atoms with Crippen LogP contribution in [0.15, 0.2) is 24.3 Å². The first-order valence-corrected chi connectivity index (χ1v) is 7.33. The number of nitrogens with zero attached hydrogens (tertiary/aromatic N) is 3. The third-order valence-corrected chi connectivity index (χ3v) is 3.25. The molecule has 0 N–H and O–H groups in total. The van der Waals surface area contributed by atoms with Gasteiger partial charge in [-0.15, -0.1) is 0 Å². The van der Waals surface area contributed by atoms with Crippen molar-refractivity contribution in [1.29, 1.82) is 10.5 Å². The predicted octanol–water partition coefficient (Wildman–Crippen LogP) is 2.89. The van der Waals surface area contributed by atoms with E-state index in [4.69, 9.17) is 5.26 Å². The molecule has 0 aliphatic heterocycles. The molecule has 0 aromatic heterocycles. The molecule has 0 saturated carbocycles. The molecule has 0 aliphatic carbocycles. The first-order valence-electron chi connectivity index (χ1n) is 7.33. The molecular formula is C17H21N3O. The second kappa shape index (κ2) is 8.76. The summed E-state index contributed by atoms with van der Waals surface area (Å²) in [6.45, 7) is 5.41. The van der Waals surface area contributed by atoms with Gasteiger partial charge in [0.05, 0.1) is 17.7 Å². The van der Waals surface area contributed by atoms with Crippen LogP contribution in [0.4, 0.5) is 0 Å². The van der Waals surface area contributed by atoms with Crippen LogP contribution in [0.25, 0.3) is 0 Å². The molecule has 0 spiro atoms. The zero-order chi connectivity index (χ0) is 15.7. The Morgan fingerprint density at radius 1 is 1.24 bits per heavy atom. The molecule has 110 valence electrons. The van der Waals surface area contributed by atoms with Gasteiger partial charge in [0.25, 0.3) is 0 Å². The average molecular weight is 283 g/mol. The molecule has 1 rings (SSSR count). The van der Waals surface area contributed by atoms with Crippen molar-refractivity contribution >= 4 is 5.91 Å². The Morgan fingerprint density at radius 3 is 2.43 bits per heavy atom. The van der Waals surface area contributed by atoms with Crippen molar-refractivity contribution in [2.75, 3.05) is 13.1 Å². The molecule has 1 atom stereocenters. The fourth-order valence-corrected chi connectivity index (χ4v) is 2.28. The number of benzene rings is 1. The fraction of sp³-hybridized carbons (Fsp3) is 0.471. The number of amides is 1. The van der Waals surface area contributed by atoms with Crippen molar-refractivity contribution in [2.24, 2.45) is 5.92 Å². The van der Waals surface area contributed by atoms with E-state index in [0.29, 0.717) is 25.1 Å². The van der Waals surface area contributed by atoms with Crippen LogP contribution in [-0.2, 0) is 11.2 Å². The molecule has 0 heterocycles. The van der Waals surface area contributed by atoms with Gasteiger partial charge in [0, 0.05) is 13.1 Å². The van der Waals surface area contributed by atoms with Crippen LogP contribution in [0.2, 0.25) is 0 Å². The lowest BCUT2D eigenvalue weighted by Crippen LogP contribution is -2.37. The summed E-state index contributed by atoms with van der Waals surface area (Å²) in [5.41, 5.74) is 1.40. The van der Waals surface area contributed by atoms with Gasteiger partial charge in [-0.05, 0) is 37.0 Å². The average Bonchev–Trinajstić information content (AvgIpc) is 2.52. The van der Waals surface area contributed by atoms with Crippen molar-refractivity contribution in [2.45, 2.75) is 33.1 Å². The van der Waals surface area contributed by atoms with Gasteiger partial charge in [0.1, 0.15) is 5.92 Å². The topological polar surface area (TPSA) is 67.9 Å². The summed E-state index contributed by atoms with van der Waals surface area (Å²) in [6.07, 6.45) is 2.12. The molecule has 0 radical (unpaired) electrons. The number of nitriles is 2. The van der Waals surface area contributed by atoms with Crippen molar-refractivity contribution in [3.8, 4) is 12.1 Å². The molecule has 1 amide bonds. The van der Waals surface area contributed by atoms with Crippen molar-refractivity contribution in [1.82, 2.24) is 4.90 Å². The van der Waals surface area contributed by atoms with Gasteiger partial charge in [0.15, 0.2) is 0 Å². The zero-order valence-electron chi connectivity index (χ0n) is 12.7. The Bertz CT molecular complexity index is 548. The van der Waals surface area contributed by atoms with Crippen LogP contribution >= 0.6 is 0 Å². The maximum absolute atomic E-state index is 12.5. The van der Waals surface area contributed by atoms with Crippen LogP contribution in [-0.4, -0.2) is 23.9 Å². The van der Waals surface area contributed by atoms with E-state index in [9.17, 15) is 10.1 Å². The molecular weight excluding hydrogens is 262 g/mol.